The van der Waals surface area contributed by atoms with E-state index in [-0.39, 0.29) is 18.7 Å². The van der Waals surface area contributed by atoms with Crippen LogP contribution in [-0.4, -0.2) is 17.5 Å². The van der Waals surface area contributed by atoms with Crippen molar-refractivity contribution in [1.82, 2.24) is 5.01 Å². The molecule has 0 spiro atoms. The highest BCUT2D eigenvalue weighted by molar-refractivity contribution is 6.02. The minimum absolute atomic E-state index is 0.0219. The molecule has 3 aliphatic heterocycles. The summed E-state index contributed by atoms with van der Waals surface area (Å²) >= 11 is 0. The maximum Gasteiger partial charge on any atom is 0.231 e. The molecule has 0 N–H and O–H groups in total. The average molecular weight is 388 g/mol. The summed E-state index contributed by atoms with van der Waals surface area (Å²) in [5.74, 6) is 2.00. The van der Waals surface area contributed by atoms with E-state index in [0.717, 1.165) is 46.1 Å². The molecular formula is C23H17FN2O3. The van der Waals surface area contributed by atoms with Crippen LogP contribution in [0.15, 0.2) is 71.8 Å². The molecule has 0 bridgehead atoms. The predicted molar refractivity (Wildman–Crippen MR) is 105 cm³/mol. The van der Waals surface area contributed by atoms with Crippen LogP contribution >= 0.6 is 0 Å². The Labute approximate surface area is 166 Å². The third-order valence-corrected chi connectivity index (χ3v) is 5.54. The van der Waals surface area contributed by atoms with Gasteiger partial charge in [0.25, 0.3) is 0 Å². The van der Waals surface area contributed by atoms with E-state index in [1.54, 1.807) is 6.07 Å². The summed E-state index contributed by atoms with van der Waals surface area (Å²) in [6, 6.07) is 20.4. The lowest BCUT2D eigenvalue weighted by molar-refractivity contribution is -0.0192. The zero-order valence-corrected chi connectivity index (χ0v) is 15.4. The van der Waals surface area contributed by atoms with Gasteiger partial charge in [-0.3, -0.25) is 0 Å². The monoisotopic (exact) mass is 388 g/mol. The Morgan fingerprint density at radius 1 is 0.897 bits per heavy atom. The summed E-state index contributed by atoms with van der Waals surface area (Å²) in [5.41, 5.74) is 3.74. The van der Waals surface area contributed by atoms with E-state index in [9.17, 15) is 4.39 Å². The largest absolute Gasteiger partial charge is 0.464 e. The molecule has 0 fully saturated rings. The quantitative estimate of drug-likeness (QED) is 0.633. The molecule has 3 heterocycles. The zero-order chi connectivity index (χ0) is 19.4. The van der Waals surface area contributed by atoms with E-state index in [4.69, 9.17) is 19.3 Å². The fraction of sp³-hybridized carbons (Fsp3) is 0.174. The molecule has 29 heavy (non-hydrogen) atoms. The molecule has 0 aromatic heterocycles. The Morgan fingerprint density at radius 3 is 2.72 bits per heavy atom. The number of hydrazone groups is 1. The third-order valence-electron chi connectivity index (χ3n) is 5.54. The number of fused-ring (bicyclic) bond motifs is 4. The smallest absolute Gasteiger partial charge is 0.231 e. The third kappa shape index (κ3) is 2.63. The molecule has 3 aliphatic rings. The van der Waals surface area contributed by atoms with Crippen molar-refractivity contribution in [3.05, 3.63) is 89.2 Å². The van der Waals surface area contributed by atoms with Gasteiger partial charge in [0.05, 0.1) is 11.8 Å². The summed E-state index contributed by atoms with van der Waals surface area (Å²) in [6.45, 7) is 0.239. The van der Waals surface area contributed by atoms with E-state index >= 15 is 0 Å². The molecule has 0 aliphatic carbocycles. The highest BCUT2D eigenvalue weighted by Gasteiger charge is 2.41. The first-order valence-electron chi connectivity index (χ1n) is 9.53. The SMILES string of the molecule is Fc1cccc([C@H]2Oc3ccccc3[C@@H]3CC(c4ccc5c(c4)OCO5)=NN23)c1. The van der Waals surface area contributed by atoms with Gasteiger partial charge in [-0.2, -0.15) is 5.10 Å². The second-order valence-electron chi connectivity index (χ2n) is 7.28. The van der Waals surface area contributed by atoms with Gasteiger partial charge in [-0.1, -0.05) is 30.3 Å². The summed E-state index contributed by atoms with van der Waals surface area (Å²) in [7, 11) is 0. The van der Waals surface area contributed by atoms with Crippen molar-refractivity contribution in [3.63, 3.8) is 0 Å². The maximum atomic E-state index is 13.9. The number of hydrogen-bond acceptors (Lipinski definition) is 5. The zero-order valence-electron chi connectivity index (χ0n) is 15.4. The highest BCUT2D eigenvalue weighted by Crippen LogP contribution is 2.47. The summed E-state index contributed by atoms with van der Waals surface area (Å²) in [5, 5.41) is 6.84. The minimum Gasteiger partial charge on any atom is -0.464 e. The van der Waals surface area contributed by atoms with E-state index in [0.29, 0.717) is 0 Å². The Kier molecular flexibility index (Phi) is 3.53. The van der Waals surface area contributed by atoms with Gasteiger partial charge in [0, 0.05) is 23.1 Å². The second kappa shape index (κ2) is 6.24. The number of para-hydroxylation sites is 1. The number of hydrogen-bond donors (Lipinski definition) is 0. The molecule has 0 unspecified atom stereocenters. The topological polar surface area (TPSA) is 43.3 Å². The van der Waals surface area contributed by atoms with Crippen LogP contribution in [0.5, 0.6) is 17.2 Å². The van der Waals surface area contributed by atoms with Crippen LogP contribution in [0.4, 0.5) is 4.39 Å². The number of rotatable bonds is 2. The van der Waals surface area contributed by atoms with E-state index in [1.807, 2.05) is 47.5 Å². The molecule has 3 aromatic carbocycles. The van der Waals surface area contributed by atoms with Crippen LogP contribution < -0.4 is 14.2 Å². The van der Waals surface area contributed by atoms with Crippen molar-refractivity contribution in [2.45, 2.75) is 18.7 Å². The van der Waals surface area contributed by atoms with Gasteiger partial charge in [0.1, 0.15) is 11.6 Å². The van der Waals surface area contributed by atoms with Crippen molar-refractivity contribution in [2.75, 3.05) is 6.79 Å². The number of benzene rings is 3. The van der Waals surface area contributed by atoms with E-state index in [1.165, 1.54) is 12.1 Å². The molecule has 6 rings (SSSR count). The van der Waals surface area contributed by atoms with Gasteiger partial charge >= 0.3 is 0 Å². The van der Waals surface area contributed by atoms with Crippen molar-refractivity contribution < 1.29 is 18.6 Å². The fourth-order valence-electron chi connectivity index (χ4n) is 4.16. The van der Waals surface area contributed by atoms with Crippen LogP contribution in [0.3, 0.4) is 0 Å². The number of halogens is 1. The molecule has 0 saturated carbocycles. The van der Waals surface area contributed by atoms with Crippen LogP contribution in [0.2, 0.25) is 0 Å². The molecule has 5 nitrogen and oxygen atoms in total. The molecule has 0 saturated heterocycles. The van der Waals surface area contributed by atoms with Crippen molar-refractivity contribution in [2.24, 2.45) is 5.10 Å². The van der Waals surface area contributed by atoms with Crippen LogP contribution in [0.25, 0.3) is 0 Å². The molecular weight excluding hydrogens is 371 g/mol. The summed E-state index contributed by atoms with van der Waals surface area (Å²) in [4.78, 5) is 0. The lowest BCUT2D eigenvalue weighted by atomic mass is 9.96. The van der Waals surface area contributed by atoms with Gasteiger partial charge < -0.3 is 14.2 Å². The number of nitrogens with zero attached hydrogens (tertiary/aromatic N) is 2. The Bertz CT molecular complexity index is 1150. The lowest BCUT2D eigenvalue weighted by Gasteiger charge is -2.38. The number of ether oxygens (including phenoxy) is 3. The lowest BCUT2D eigenvalue weighted by Crippen LogP contribution is -2.33. The fourth-order valence-corrected chi connectivity index (χ4v) is 4.16. The van der Waals surface area contributed by atoms with Gasteiger partial charge in [-0.25, -0.2) is 9.40 Å². The molecule has 6 heteroatoms. The van der Waals surface area contributed by atoms with Crippen molar-refractivity contribution in [3.8, 4) is 17.2 Å². The first-order valence-corrected chi connectivity index (χ1v) is 9.53. The van der Waals surface area contributed by atoms with Crippen molar-refractivity contribution in [1.29, 1.82) is 0 Å². The van der Waals surface area contributed by atoms with Crippen LogP contribution in [0.1, 0.15) is 35.4 Å². The summed E-state index contributed by atoms with van der Waals surface area (Å²) in [6.07, 6.45) is 0.239. The first-order chi connectivity index (χ1) is 14.3. The Balaban J connectivity index is 1.44. The average Bonchev–Trinajstić information content (AvgIpc) is 3.40. The summed E-state index contributed by atoms with van der Waals surface area (Å²) < 4.78 is 31.1. The van der Waals surface area contributed by atoms with Crippen molar-refractivity contribution >= 4 is 5.71 Å². The maximum absolute atomic E-state index is 13.9. The molecule has 2 atom stereocenters. The molecule has 0 amide bonds. The van der Waals surface area contributed by atoms with E-state index in [2.05, 4.69) is 6.07 Å². The van der Waals surface area contributed by atoms with E-state index < -0.39 is 6.23 Å². The Hall–Kier alpha value is -3.54. The standard InChI is InChI=1S/C23H17FN2O3/c24-16-5-3-4-15(10-16)23-26-19(17-6-1-2-7-20(17)29-23)12-18(25-26)14-8-9-21-22(11-14)28-13-27-21/h1-11,19,23H,12-13H2/t19-,23+/m0/s1. The van der Waals surface area contributed by atoms with Crippen LogP contribution in [0, 0.1) is 5.82 Å². The van der Waals surface area contributed by atoms with Gasteiger partial charge in [-0.15, -0.1) is 0 Å². The normalized spacial score (nSPS) is 21.3. The predicted octanol–water partition coefficient (Wildman–Crippen LogP) is 4.80. The van der Waals surface area contributed by atoms with Gasteiger partial charge in [0.2, 0.25) is 13.0 Å². The van der Waals surface area contributed by atoms with Gasteiger partial charge in [0.15, 0.2) is 11.5 Å². The molecule has 0 radical (unpaired) electrons. The minimum atomic E-state index is -0.489. The Morgan fingerprint density at radius 2 is 1.79 bits per heavy atom. The van der Waals surface area contributed by atoms with Gasteiger partial charge in [-0.05, 0) is 36.4 Å². The second-order valence-corrected chi connectivity index (χ2v) is 7.28. The highest BCUT2D eigenvalue weighted by atomic mass is 19.1. The van der Waals surface area contributed by atoms with Crippen LogP contribution in [-0.2, 0) is 0 Å². The first kappa shape index (κ1) is 16.4. The molecule has 3 aromatic rings. The molecule has 144 valence electrons.